The highest BCUT2D eigenvalue weighted by atomic mass is 16.2. The number of pyridine rings is 1. The molecule has 18 heavy (non-hydrogen) atoms. The quantitative estimate of drug-likeness (QED) is 0.712. The normalized spacial score (nSPS) is 20.1. The predicted molar refractivity (Wildman–Crippen MR) is 64.7 cm³/mol. The topological polar surface area (TPSA) is 89.5 Å². The average Bonchev–Trinajstić information content (AvgIpc) is 2.69. The van der Waals surface area contributed by atoms with Gasteiger partial charge in [-0.1, -0.05) is 6.07 Å². The molecule has 92 valence electrons. The third kappa shape index (κ3) is 1.62. The van der Waals surface area contributed by atoms with Crippen LogP contribution in [0.15, 0.2) is 24.5 Å². The predicted octanol–water partition coefficient (Wildman–Crippen LogP) is 0.437. The summed E-state index contributed by atoms with van der Waals surface area (Å²) < 4.78 is 1.79. The molecule has 3 N–H and O–H groups in total. The smallest absolute Gasteiger partial charge is 0.234 e. The maximum atomic E-state index is 11.9. The van der Waals surface area contributed by atoms with E-state index in [-0.39, 0.29) is 17.7 Å². The van der Waals surface area contributed by atoms with E-state index in [4.69, 9.17) is 5.73 Å². The van der Waals surface area contributed by atoms with Crippen LogP contribution in [0, 0.1) is 0 Å². The van der Waals surface area contributed by atoms with Gasteiger partial charge in [0.05, 0.1) is 12.1 Å². The molecule has 1 fully saturated rings. The monoisotopic (exact) mass is 244 g/mol. The van der Waals surface area contributed by atoms with E-state index in [1.54, 1.807) is 10.6 Å². The first-order chi connectivity index (χ1) is 8.65. The van der Waals surface area contributed by atoms with E-state index >= 15 is 0 Å². The first-order valence-electron chi connectivity index (χ1n) is 5.72. The van der Waals surface area contributed by atoms with Gasteiger partial charge in [0.2, 0.25) is 11.8 Å². The van der Waals surface area contributed by atoms with Gasteiger partial charge >= 0.3 is 0 Å². The Hall–Kier alpha value is -2.37. The summed E-state index contributed by atoms with van der Waals surface area (Å²) in [7, 11) is 0. The van der Waals surface area contributed by atoms with Gasteiger partial charge in [0.25, 0.3) is 0 Å². The summed E-state index contributed by atoms with van der Waals surface area (Å²) in [5, 5.41) is 2.35. The molecule has 1 saturated heterocycles. The number of amides is 2. The molecule has 1 aliphatic heterocycles. The van der Waals surface area contributed by atoms with Gasteiger partial charge in [0, 0.05) is 18.2 Å². The fourth-order valence-electron chi connectivity index (χ4n) is 2.32. The summed E-state index contributed by atoms with van der Waals surface area (Å²) in [5.74, 6) is -0.407. The van der Waals surface area contributed by atoms with Crippen LogP contribution in [0.2, 0.25) is 0 Å². The zero-order valence-corrected chi connectivity index (χ0v) is 9.59. The van der Waals surface area contributed by atoms with Gasteiger partial charge in [-0.15, -0.1) is 0 Å². The molecule has 2 amide bonds. The van der Waals surface area contributed by atoms with Crippen molar-refractivity contribution in [1.82, 2.24) is 14.7 Å². The van der Waals surface area contributed by atoms with E-state index < -0.39 is 0 Å². The number of nitrogens with zero attached hydrogens (tertiary/aromatic N) is 2. The Morgan fingerprint density at radius 2 is 2.28 bits per heavy atom. The molecule has 6 heteroatoms. The number of hydrogen-bond acceptors (Lipinski definition) is 4. The summed E-state index contributed by atoms with van der Waals surface area (Å²) in [6.07, 6.45) is 4.39. The molecular formula is C12H12N4O2. The van der Waals surface area contributed by atoms with Crippen LogP contribution in [-0.4, -0.2) is 21.2 Å². The summed E-state index contributed by atoms with van der Waals surface area (Å²) in [6, 6.07) is 3.69. The molecule has 2 aromatic rings. The van der Waals surface area contributed by atoms with Crippen molar-refractivity contribution >= 4 is 23.3 Å². The highest BCUT2D eigenvalue weighted by molar-refractivity contribution is 6.01. The lowest BCUT2D eigenvalue weighted by molar-refractivity contribution is -0.134. The van der Waals surface area contributed by atoms with Crippen molar-refractivity contribution in [2.24, 2.45) is 0 Å². The number of imidazole rings is 1. The van der Waals surface area contributed by atoms with Crippen molar-refractivity contribution in [3.8, 4) is 0 Å². The number of fused-ring (bicyclic) bond motifs is 1. The molecule has 6 nitrogen and oxygen atoms in total. The molecular weight excluding hydrogens is 232 g/mol. The highest BCUT2D eigenvalue weighted by Gasteiger charge is 2.29. The number of piperidine rings is 1. The number of nitrogens with two attached hydrogens (primary N) is 1. The van der Waals surface area contributed by atoms with Crippen LogP contribution in [0.1, 0.15) is 24.3 Å². The minimum Gasteiger partial charge on any atom is -0.382 e. The number of nitrogen functional groups attached to an aromatic ring is 1. The first kappa shape index (κ1) is 10.8. The largest absolute Gasteiger partial charge is 0.382 e. The second-order valence-corrected chi connectivity index (χ2v) is 4.36. The van der Waals surface area contributed by atoms with E-state index in [0.717, 1.165) is 5.56 Å². The van der Waals surface area contributed by atoms with Gasteiger partial charge in [0.15, 0.2) is 0 Å². The summed E-state index contributed by atoms with van der Waals surface area (Å²) in [6.45, 7) is 0. The van der Waals surface area contributed by atoms with Crippen molar-refractivity contribution in [3.05, 3.63) is 30.1 Å². The Bertz CT molecular complexity index is 647. The van der Waals surface area contributed by atoms with Crippen LogP contribution in [-0.2, 0) is 9.59 Å². The Balaban J connectivity index is 2.08. The van der Waals surface area contributed by atoms with Crippen molar-refractivity contribution in [2.75, 3.05) is 5.73 Å². The first-order valence-corrected chi connectivity index (χ1v) is 5.72. The fraction of sp³-hybridized carbons (Fsp3) is 0.250. The van der Waals surface area contributed by atoms with Gasteiger partial charge in [-0.3, -0.25) is 14.9 Å². The van der Waals surface area contributed by atoms with Gasteiger partial charge in [0.1, 0.15) is 11.5 Å². The second-order valence-electron chi connectivity index (χ2n) is 4.36. The zero-order valence-electron chi connectivity index (χ0n) is 9.59. The molecule has 2 aromatic heterocycles. The number of carbonyl (C=O) groups is 2. The van der Waals surface area contributed by atoms with Crippen molar-refractivity contribution in [2.45, 2.75) is 18.8 Å². The summed E-state index contributed by atoms with van der Waals surface area (Å²) in [4.78, 5) is 27.2. The Morgan fingerprint density at radius 1 is 1.44 bits per heavy atom. The van der Waals surface area contributed by atoms with Crippen molar-refractivity contribution in [3.63, 3.8) is 0 Å². The van der Waals surface area contributed by atoms with Crippen LogP contribution in [0.4, 0.5) is 5.82 Å². The number of hydrogen-bond donors (Lipinski definition) is 2. The number of aromatic nitrogens is 2. The van der Waals surface area contributed by atoms with E-state index in [1.807, 2.05) is 18.3 Å². The van der Waals surface area contributed by atoms with Crippen LogP contribution in [0.3, 0.4) is 0 Å². The van der Waals surface area contributed by atoms with Crippen LogP contribution in [0.5, 0.6) is 0 Å². The summed E-state index contributed by atoms with van der Waals surface area (Å²) in [5.41, 5.74) is 7.13. The summed E-state index contributed by atoms with van der Waals surface area (Å²) >= 11 is 0. The maximum absolute atomic E-state index is 11.9. The molecule has 0 spiro atoms. The van der Waals surface area contributed by atoms with Crippen LogP contribution < -0.4 is 11.1 Å². The third-order valence-electron chi connectivity index (χ3n) is 3.15. The van der Waals surface area contributed by atoms with Crippen molar-refractivity contribution < 1.29 is 9.59 Å². The van der Waals surface area contributed by atoms with Gasteiger partial charge in [-0.05, 0) is 12.5 Å². The molecule has 0 bridgehead atoms. The molecule has 1 aliphatic rings. The van der Waals surface area contributed by atoms with Gasteiger partial charge in [-0.25, -0.2) is 4.98 Å². The van der Waals surface area contributed by atoms with E-state index in [9.17, 15) is 9.59 Å². The minimum absolute atomic E-state index is 0.217. The maximum Gasteiger partial charge on any atom is 0.234 e. The number of rotatable bonds is 1. The lowest BCUT2D eigenvalue weighted by Crippen LogP contribution is -2.39. The van der Waals surface area contributed by atoms with Crippen LogP contribution in [0.25, 0.3) is 5.65 Å². The SMILES string of the molecule is Nc1cn2cccc(C3CCC(=O)NC3=O)c2n1. The Morgan fingerprint density at radius 3 is 3.06 bits per heavy atom. The Kier molecular flexibility index (Phi) is 2.29. The molecule has 0 radical (unpaired) electrons. The second kappa shape index (κ2) is 3.83. The molecule has 3 rings (SSSR count). The standard InChI is InChI=1S/C12H12N4O2/c13-9-6-16-5-1-2-7(11(16)14-9)8-3-4-10(17)15-12(8)18/h1-2,5-6,8H,3-4,13H2,(H,15,17,18). The highest BCUT2D eigenvalue weighted by Crippen LogP contribution is 2.28. The van der Waals surface area contributed by atoms with E-state index in [2.05, 4.69) is 10.3 Å². The lowest BCUT2D eigenvalue weighted by atomic mass is 9.91. The van der Waals surface area contributed by atoms with Gasteiger partial charge in [-0.2, -0.15) is 0 Å². The number of anilines is 1. The third-order valence-corrected chi connectivity index (χ3v) is 3.15. The molecule has 0 aliphatic carbocycles. The van der Waals surface area contributed by atoms with Crippen molar-refractivity contribution in [1.29, 1.82) is 0 Å². The molecule has 1 atom stereocenters. The van der Waals surface area contributed by atoms with Crippen LogP contribution >= 0.6 is 0 Å². The molecule has 0 saturated carbocycles. The molecule has 3 heterocycles. The number of imide groups is 1. The van der Waals surface area contributed by atoms with E-state index in [0.29, 0.717) is 24.3 Å². The number of nitrogens with one attached hydrogen (secondary N) is 1. The minimum atomic E-state index is -0.340. The number of carbonyl (C=O) groups excluding carboxylic acids is 2. The fourth-order valence-corrected chi connectivity index (χ4v) is 2.32. The van der Waals surface area contributed by atoms with Gasteiger partial charge < -0.3 is 10.1 Å². The zero-order chi connectivity index (χ0) is 12.7. The lowest BCUT2D eigenvalue weighted by Gasteiger charge is -2.21. The van der Waals surface area contributed by atoms with E-state index in [1.165, 1.54) is 0 Å². The molecule has 0 aromatic carbocycles. The molecule has 1 unspecified atom stereocenters. The Labute approximate surface area is 103 Å². The average molecular weight is 244 g/mol.